The van der Waals surface area contributed by atoms with Crippen molar-refractivity contribution in [2.75, 3.05) is 5.32 Å². The van der Waals surface area contributed by atoms with Gasteiger partial charge in [-0.2, -0.15) is 0 Å². The summed E-state index contributed by atoms with van der Waals surface area (Å²) in [6.45, 7) is -0.262. The number of rotatable bonds is 3. The number of hydrogen-bond donors (Lipinski definition) is 2. The molecule has 0 radical (unpaired) electrons. The zero-order valence-corrected chi connectivity index (χ0v) is 9.86. The van der Waals surface area contributed by atoms with Gasteiger partial charge in [0.15, 0.2) is 11.6 Å². The minimum absolute atomic E-state index is 0.262. The van der Waals surface area contributed by atoms with Crippen molar-refractivity contribution in [1.29, 1.82) is 0 Å². The van der Waals surface area contributed by atoms with Crippen LogP contribution in [0.4, 0.5) is 14.5 Å². The third kappa shape index (κ3) is 2.77. The first kappa shape index (κ1) is 13.2. The largest absolute Gasteiger partial charge is 0.392 e. The minimum atomic E-state index is -1.19. The number of aliphatic hydroxyl groups excluding tert-OH is 1. The Morgan fingerprint density at radius 1 is 1.11 bits per heavy atom. The van der Waals surface area contributed by atoms with Gasteiger partial charge in [0.1, 0.15) is 0 Å². The maximum atomic E-state index is 13.5. The first-order chi connectivity index (χ1) is 9.13. The predicted octanol–water partition coefficient (Wildman–Crippen LogP) is 2.71. The van der Waals surface area contributed by atoms with Gasteiger partial charge in [-0.1, -0.05) is 24.3 Å². The van der Waals surface area contributed by atoms with Crippen molar-refractivity contribution in [1.82, 2.24) is 0 Å². The molecule has 0 heterocycles. The summed E-state index contributed by atoms with van der Waals surface area (Å²) in [7, 11) is 0. The highest BCUT2D eigenvalue weighted by molar-refractivity contribution is 6.04. The van der Waals surface area contributed by atoms with Crippen molar-refractivity contribution in [3.63, 3.8) is 0 Å². The highest BCUT2D eigenvalue weighted by Crippen LogP contribution is 2.18. The molecule has 2 rings (SSSR count). The van der Waals surface area contributed by atoms with Gasteiger partial charge < -0.3 is 10.4 Å². The van der Waals surface area contributed by atoms with E-state index in [4.69, 9.17) is 5.11 Å². The van der Waals surface area contributed by atoms with E-state index in [1.165, 1.54) is 12.1 Å². The molecular weight excluding hydrogens is 252 g/mol. The number of halogens is 2. The third-order valence-corrected chi connectivity index (χ3v) is 2.63. The molecule has 2 N–H and O–H groups in total. The quantitative estimate of drug-likeness (QED) is 0.894. The van der Waals surface area contributed by atoms with Crippen LogP contribution in [-0.2, 0) is 6.61 Å². The average molecular weight is 263 g/mol. The zero-order valence-electron chi connectivity index (χ0n) is 9.86. The molecule has 0 spiro atoms. The zero-order chi connectivity index (χ0) is 13.8. The summed E-state index contributed by atoms with van der Waals surface area (Å²) in [6, 6.07) is 9.94. The molecule has 3 nitrogen and oxygen atoms in total. The molecule has 0 saturated heterocycles. The van der Waals surface area contributed by atoms with Crippen molar-refractivity contribution < 1.29 is 18.7 Å². The van der Waals surface area contributed by atoms with E-state index in [1.807, 2.05) is 0 Å². The van der Waals surface area contributed by atoms with Gasteiger partial charge in [-0.15, -0.1) is 0 Å². The number of carbonyl (C=O) groups excluding carboxylic acids is 1. The maximum Gasteiger partial charge on any atom is 0.258 e. The molecule has 0 saturated carbocycles. The van der Waals surface area contributed by atoms with Crippen LogP contribution in [0.3, 0.4) is 0 Å². The van der Waals surface area contributed by atoms with Gasteiger partial charge in [-0.25, -0.2) is 8.78 Å². The minimum Gasteiger partial charge on any atom is -0.392 e. The van der Waals surface area contributed by atoms with Crippen LogP contribution in [0.2, 0.25) is 0 Å². The van der Waals surface area contributed by atoms with E-state index < -0.39 is 17.5 Å². The molecule has 2 aromatic rings. The lowest BCUT2D eigenvalue weighted by Gasteiger charge is -2.09. The van der Waals surface area contributed by atoms with Crippen LogP contribution in [0.25, 0.3) is 0 Å². The molecule has 0 aliphatic rings. The number of aliphatic hydroxyl groups is 1. The lowest BCUT2D eigenvalue weighted by Crippen LogP contribution is -2.15. The molecule has 0 aliphatic carbocycles. The molecule has 0 aliphatic heterocycles. The van der Waals surface area contributed by atoms with E-state index in [9.17, 15) is 13.6 Å². The molecule has 0 unspecified atom stereocenters. The van der Waals surface area contributed by atoms with E-state index in [1.54, 1.807) is 24.3 Å². The second-order valence-electron chi connectivity index (χ2n) is 3.87. The fraction of sp³-hybridized carbons (Fsp3) is 0.0714. The Morgan fingerprint density at radius 3 is 2.58 bits per heavy atom. The van der Waals surface area contributed by atoms with Gasteiger partial charge in [0.2, 0.25) is 0 Å². The van der Waals surface area contributed by atoms with Gasteiger partial charge >= 0.3 is 0 Å². The van der Waals surface area contributed by atoms with Gasteiger partial charge in [0.25, 0.3) is 5.91 Å². The Balaban J connectivity index is 2.28. The molecule has 98 valence electrons. The molecule has 1 amide bonds. The monoisotopic (exact) mass is 263 g/mol. The Kier molecular flexibility index (Phi) is 3.87. The van der Waals surface area contributed by atoms with Crippen molar-refractivity contribution in [3.8, 4) is 0 Å². The number of hydrogen-bond acceptors (Lipinski definition) is 2. The van der Waals surface area contributed by atoms with Crippen molar-refractivity contribution >= 4 is 11.6 Å². The van der Waals surface area contributed by atoms with Crippen LogP contribution >= 0.6 is 0 Å². The SMILES string of the molecule is O=C(Nc1ccccc1CO)c1cccc(F)c1F. The van der Waals surface area contributed by atoms with E-state index >= 15 is 0 Å². The van der Waals surface area contributed by atoms with Crippen LogP contribution in [0, 0.1) is 11.6 Å². The summed E-state index contributed by atoms with van der Waals surface area (Å²) < 4.78 is 26.5. The molecular formula is C14H11F2NO2. The molecule has 0 fully saturated rings. The second-order valence-corrected chi connectivity index (χ2v) is 3.87. The standard InChI is InChI=1S/C14H11F2NO2/c15-11-6-3-5-10(13(11)16)14(19)17-12-7-2-1-4-9(12)8-18/h1-7,18H,8H2,(H,17,19). The van der Waals surface area contributed by atoms with E-state index in [2.05, 4.69) is 5.32 Å². The third-order valence-electron chi connectivity index (χ3n) is 2.63. The van der Waals surface area contributed by atoms with Crippen molar-refractivity contribution in [2.24, 2.45) is 0 Å². The van der Waals surface area contributed by atoms with Crippen molar-refractivity contribution in [2.45, 2.75) is 6.61 Å². The van der Waals surface area contributed by atoms with Crippen LogP contribution in [-0.4, -0.2) is 11.0 Å². The fourth-order valence-corrected chi connectivity index (χ4v) is 1.65. The number of para-hydroxylation sites is 1. The Labute approximate surface area is 108 Å². The van der Waals surface area contributed by atoms with Crippen LogP contribution < -0.4 is 5.32 Å². The lowest BCUT2D eigenvalue weighted by molar-refractivity contribution is 0.102. The number of anilines is 1. The smallest absolute Gasteiger partial charge is 0.258 e. The normalized spacial score (nSPS) is 10.3. The molecule has 2 aromatic carbocycles. The first-order valence-electron chi connectivity index (χ1n) is 5.57. The summed E-state index contributed by atoms with van der Waals surface area (Å²) in [4.78, 5) is 11.9. The van der Waals surface area contributed by atoms with Crippen LogP contribution in [0.5, 0.6) is 0 Å². The first-order valence-corrected chi connectivity index (χ1v) is 5.57. The number of carbonyl (C=O) groups is 1. The van der Waals surface area contributed by atoms with E-state index in [0.29, 0.717) is 11.3 Å². The number of benzene rings is 2. The van der Waals surface area contributed by atoms with Gasteiger partial charge in [0.05, 0.1) is 12.2 Å². The summed E-state index contributed by atoms with van der Waals surface area (Å²) in [6.07, 6.45) is 0. The van der Waals surface area contributed by atoms with Gasteiger partial charge in [-0.3, -0.25) is 4.79 Å². The number of amides is 1. The highest BCUT2D eigenvalue weighted by atomic mass is 19.2. The Hall–Kier alpha value is -2.27. The molecule has 0 atom stereocenters. The van der Waals surface area contributed by atoms with Crippen molar-refractivity contribution in [3.05, 3.63) is 65.2 Å². The van der Waals surface area contributed by atoms with Crippen LogP contribution in [0.1, 0.15) is 15.9 Å². The van der Waals surface area contributed by atoms with Gasteiger partial charge in [0, 0.05) is 11.3 Å². The molecule has 19 heavy (non-hydrogen) atoms. The highest BCUT2D eigenvalue weighted by Gasteiger charge is 2.15. The van der Waals surface area contributed by atoms with Gasteiger partial charge in [-0.05, 0) is 18.2 Å². The number of nitrogens with one attached hydrogen (secondary N) is 1. The fourth-order valence-electron chi connectivity index (χ4n) is 1.65. The Morgan fingerprint density at radius 2 is 1.84 bits per heavy atom. The molecule has 0 bridgehead atoms. The summed E-state index contributed by atoms with van der Waals surface area (Å²) >= 11 is 0. The lowest BCUT2D eigenvalue weighted by atomic mass is 10.1. The maximum absolute atomic E-state index is 13.5. The molecule has 5 heteroatoms. The van der Waals surface area contributed by atoms with E-state index in [-0.39, 0.29) is 12.2 Å². The summed E-state index contributed by atoms with van der Waals surface area (Å²) in [5, 5.41) is 11.6. The summed E-state index contributed by atoms with van der Waals surface area (Å²) in [5.74, 6) is -3.04. The predicted molar refractivity (Wildman–Crippen MR) is 66.7 cm³/mol. The van der Waals surface area contributed by atoms with E-state index in [0.717, 1.165) is 6.07 Å². The molecule has 0 aromatic heterocycles. The Bertz CT molecular complexity index is 614. The topological polar surface area (TPSA) is 49.3 Å². The average Bonchev–Trinajstić information content (AvgIpc) is 2.42. The summed E-state index contributed by atoms with van der Waals surface area (Å²) in [5.41, 5.74) is 0.471. The second kappa shape index (κ2) is 5.58. The van der Waals surface area contributed by atoms with Crippen LogP contribution in [0.15, 0.2) is 42.5 Å².